The normalized spacial score (nSPS) is 10.9. The van der Waals surface area contributed by atoms with Crippen molar-refractivity contribution in [2.24, 2.45) is 0 Å². The van der Waals surface area contributed by atoms with Crippen LogP contribution >= 0.6 is 23.2 Å². The summed E-state index contributed by atoms with van der Waals surface area (Å²) in [6.45, 7) is 2.61. The fourth-order valence-corrected chi connectivity index (χ4v) is 3.48. The Balaban J connectivity index is 1.70. The van der Waals surface area contributed by atoms with Gasteiger partial charge in [0.2, 0.25) is 0 Å². The number of hydrogen-bond donors (Lipinski definition) is 1. The van der Waals surface area contributed by atoms with Crippen LogP contribution in [0.5, 0.6) is 0 Å². The Bertz CT molecular complexity index is 1110. The summed E-state index contributed by atoms with van der Waals surface area (Å²) in [6.07, 6.45) is 0. The number of anilines is 1. The molecule has 0 spiro atoms. The minimum atomic E-state index is 0.540. The first-order valence-corrected chi connectivity index (χ1v) is 9.37. The van der Waals surface area contributed by atoms with E-state index in [0.717, 1.165) is 33.4 Å². The number of nitrogens with zero attached hydrogens (tertiary/aromatic N) is 2. The Morgan fingerprint density at radius 3 is 2.33 bits per heavy atom. The maximum absolute atomic E-state index is 6.27. The lowest BCUT2D eigenvalue weighted by atomic mass is 10.0. The average molecular weight is 394 g/mol. The van der Waals surface area contributed by atoms with Gasteiger partial charge in [0, 0.05) is 32.9 Å². The van der Waals surface area contributed by atoms with Gasteiger partial charge in [0.15, 0.2) is 5.82 Å². The van der Waals surface area contributed by atoms with Crippen molar-refractivity contribution >= 4 is 39.8 Å². The molecular formula is C22H17Cl2N3. The van der Waals surface area contributed by atoms with Crippen LogP contribution in [0.2, 0.25) is 10.0 Å². The van der Waals surface area contributed by atoms with E-state index in [1.807, 2.05) is 30.3 Å². The summed E-state index contributed by atoms with van der Waals surface area (Å²) in [5.41, 5.74) is 4.10. The van der Waals surface area contributed by atoms with E-state index >= 15 is 0 Å². The predicted octanol–water partition coefficient (Wildman–Crippen LogP) is 6.52. The molecular weight excluding hydrogens is 377 g/mol. The molecule has 1 heterocycles. The van der Waals surface area contributed by atoms with Gasteiger partial charge in [-0.1, -0.05) is 83.4 Å². The lowest BCUT2D eigenvalue weighted by Crippen LogP contribution is -2.04. The highest BCUT2D eigenvalue weighted by Gasteiger charge is 2.11. The van der Waals surface area contributed by atoms with E-state index in [2.05, 4.69) is 52.8 Å². The lowest BCUT2D eigenvalue weighted by Gasteiger charge is -2.12. The van der Waals surface area contributed by atoms with Crippen LogP contribution in [-0.4, -0.2) is 10.2 Å². The molecule has 0 aliphatic carbocycles. The Morgan fingerprint density at radius 1 is 0.852 bits per heavy atom. The predicted molar refractivity (Wildman–Crippen MR) is 113 cm³/mol. The topological polar surface area (TPSA) is 37.8 Å². The number of benzene rings is 3. The molecule has 0 saturated heterocycles. The molecule has 134 valence electrons. The molecule has 0 amide bonds. The number of hydrogen-bond acceptors (Lipinski definition) is 3. The number of halogens is 2. The zero-order valence-corrected chi connectivity index (χ0v) is 16.2. The van der Waals surface area contributed by atoms with E-state index < -0.39 is 0 Å². The fraction of sp³-hybridized carbons (Fsp3) is 0.0909. The molecule has 5 heteroatoms. The van der Waals surface area contributed by atoms with Gasteiger partial charge in [-0.2, -0.15) is 0 Å². The molecule has 0 atom stereocenters. The second-order valence-corrected chi connectivity index (χ2v) is 7.24. The van der Waals surface area contributed by atoms with Crippen molar-refractivity contribution in [1.29, 1.82) is 0 Å². The highest BCUT2D eigenvalue weighted by atomic mass is 35.5. The van der Waals surface area contributed by atoms with E-state index in [0.29, 0.717) is 16.6 Å². The summed E-state index contributed by atoms with van der Waals surface area (Å²) < 4.78 is 0. The molecule has 0 radical (unpaired) electrons. The number of rotatable bonds is 4. The molecule has 3 aromatic carbocycles. The van der Waals surface area contributed by atoms with Gasteiger partial charge < -0.3 is 5.32 Å². The zero-order valence-electron chi connectivity index (χ0n) is 14.7. The minimum Gasteiger partial charge on any atom is -0.364 e. The van der Waals surface area contributed by atoms with Crippen LogP contribution in [0.1, 0.15) is 11.1 Å². The van der Waals surface area contributed by atoms with Crippen LogP contribution in [0.25, 0.3) is 22.0 Å². The monoisotopic (exact) mass is 393 g/mol. The molecule has 0 saturated carbocycles. The largest absolute Gasteiger partial charge is 0.364 e. The van der Waals surface area contributed by atoms with Gasteiger partial charge in [0.1, 0.15) is 5.69 Å². The fourth-order valence-electron chi connectivity index (χ4n) is 3.00. The van der Waals surface area contributed by atoms with E-state index in [-0.39, 0.29) is 0 Å². The Kier molecular flexibility index (Phi) is 4.97. The van der Waals surface area contributed by atoms with E-state index in [9.17, 15) is 0 Å². The van der Waals surface area contributed by atoms with Crippen molar-refractivity contribution in [1.82, 2.24) is 10.2 Å². The second-order valence-electron chi connectivity index (χ2n) is 6.40. The van der Waals surface area contributed by atoms with Crippen molar-refractivity contribution < 1.29 is 0 Å². The van der Waals surface area contributed by atoms with Crippen LogP contribution in [0.15, 0.2) is 66.7 Å². The summed E-state index contributed by atoms with van der Waals surface area (Å²) in [7, 11) is 0. The van der Waals surface area contributed by atoms with Crippen molar-refractivity contribution in [2.75, 3.05) is 5.32 Å². The quantitative estimate of drug-likeness (QED) is 0.428. The highest BCUT2D eigenvalue weighted by molar-refractivity contribution is 6.35. The van der Waals surface area contributed by atoms with Crippen LogP contribution < -0.4 is 5.32 Å². The maximum atomic E-state index is 6.27. The first-order valence-electron chi connectivity index (χ1n) is 8.62. The van der Waals surface area contributed by atoms with Gasteiger partial charge in [-0.3, -0.25) is 0 Å². The maximum Gasteiger partial charge on any atom is 0.156 e. The zero-order chi connectivity index (χ0) is 18.8. The van der Waals surface area contributed by atoms with Crippen LogP contribution in [-0.2, 0) is 6.54 Å². The summed E-state index contributed by atoms with van der Waals surface area (Å²) in [6, 6.07) is 21.9. The van der Waals surface area contributed by atoms with E-state index in [4.69, 9.17) is 23.2 Å². The van der Waals surface area contributed by atoms with Gasteiger partial charge in [0.25, 0.3) is 0 Å². The molecule has 27 heavy (non-hydrogen) atoms. The average Bonchev–Trinajstić information content (AvgIpc) is 2.68. The number of nitrogens with one attached hydrogen (secondary N) is 1. The first kappa shape index (κ1) is 17.8. The van der Waals surface area contributed by atoms with E-state index in [1.54, 1.807) is 6.07 Å². The first-order chi connectivity index (χ1) is 13.1. The van der Waals surface area contributed by atoms with Gasteiger partial charge in [-0.25, -0.2) is 0 Å². The van der Waals surface area contributed by atoms with Crippen LogP contribution in [0.3, 0.4) is 0 Å². The molecule has 1 aromatic heterocycles. The van der Waals surface area contributed by atoms with Crippen LogP contribution in [0, 0.1) is 6.92 Å². The molecule has 4 rings (SSSR count). The summed E-state index contributed by atoms with van der Waals surface area (Å²) >= 11 is 12.2. The molecule has 3 nitrogen and oxygen atoms in total. The molecule has 0 bridgehead atoms. The number of fused-ring (bicyclic) bond motifs is 1. The van der Waals surface area contributed by atoms with Crippen molar-refractivity contribution in [3.05, 3.63) is 87.9 Å². The molecule has 0 fully saturated rings. The molecule has 4 aromatic rings. The Morgan fingerprint density at radius 2 is 1.59 bits per heavy atom. The molecule has 0 aliphatic rings. The van der Waals surface area contributed by atoms with Crippen LogP contribution in [0.4, 0.5) is 5.82 Å². The second kappa shape index (κ2) is 7.55. The number of aromatic nitrogens is 2. The van der Waals surface area contributed by atoms with Gasteiger partial charge in [0.05, 0.1) is 0 Å². The molecule has 0 aliphatic heterocycles. The highest BCUT2D eigenvalue weighted by Crippen LogP contribution is 2.30. The van der Waals surface area contributed by atoms with Gasteiger partial charge in [-0.05, 0) is 24.6 Å². The van der Waals surface area contributed by atoms with Crippen molar-refractivity contribution in [3.63, 3.8) is 0 Å². The standard InChI is InChI=1S/C22H17Cl2N3/c1-14-6-8-15(9-7-14)21-18-4-2-3-5-19(18)22(27-26-21)25-13-16-10-11-17(23)12-20(16)24/h2-12H,13H2,1H3,(H,25,27). The summed E-state index contributed by atoms with van der Waals surface area (Å²) in [4.78, 5) is 0. The van der Waals surface area contributed by atoms with Crippen molar-refractivity contribution in [3.8, 4) is 11.3 Å². The van der Waals surface area contributed by atoms with Gasteiger partial charge >= 0.3 is 0 Å². The van der Waals surface area contributed by atoms with Gasteiger partial charge in [-0.15, -0.1) is 10.2 Å². The summed E-state index contributed by atoms with van der Waals surface area (Å²) in [5.74, 6) is 0.729. The number of aryl methyl sites for hydroxylation is 1. The minimum absolute atomic E-state index is 0.540. The van der Waals surface area contributed by atoms with Crippen molar-refractivity contribution in [2.45, 2.75) is 13.5 Å². The Hall–Kier alpha value is -2.62. The van der Waals surface area contributed by atoms with E-state index in [1.165, 1.54) is 5.56 Å². The molecule has 0 unspecified atom stereocenters. The SMILES string of the molecule is Cc1ccc(-c2nnc(NCc3ccc(Cl)cc3Cl)c3ccccc23)cc1. The third-order valence-electron chi connectivity index (χ3n) is 4.47. The third kappa shape index (κ3) is 3.75. The molecule has 1 N–H and O–H groups in total. The summed E-state index contributed by atoms with van der Waals surface area (Å²) in [5, 5.41) is 15.6. The Labute approximate surface area is 168 Å². The lowest BCUT2D eigenvalue weighted by molar-refractivity contribution is 1.02. The smallest absolute Gasteiger partial charge is 0.156 e. The third-order valence-corrected chi connectivity index (χ3v) is 5.06.